The molecule has 0 unspecified atom stereocenters. The Morgan fingerprint density at radius 3 is 2.77 bits per heavy atom. The molecule has 4 heterocycles. The van der Waals surface area contributed by atoms with Gasteiger partial charge in [0.2, 0.25) is 16.9 Å². The average molecular weight is 369 g/mol. The third-order valence-electron chi connectivity index (χ3n) is 4.68. The van der Waals surface area contributed by atoms with Crippen LogP contribution in [0.5, 0.6) is 0 Å². The zero-order valence-corrected chi connectivity index (χ0v) is 14.5. The molecule has 2 bridgehead atoms. The van der Waals surface area contributed by atoms with E-state index in [-0.39, 0.29) is 24.3 Å². The van der Waals surface area contributed by atoms with E-state index in [4.69, 9.17) is 31.2 Å². The smallest absolute Gasteiger partial charge is 0.218 e. The monoisotopic (exact) mass is 369 g/mol. The van der Waals surface area contributed by atoms with E-state index in [9.17, 15) is 4.79 Å². The number of Topliss-reactive ketones (excluding diaryl/α,β-unsaturated/α-hetero) is 1. The molecule has 26 heavy (non-hydrogen) atoms. The molecule has 0 amide bonds. The fourth-order valence-corrected chi connectivity index (χ4v) is 3.81. The molecular weight excluding hydrogens is 354 g/mol. The van der Waals surface area contributed by atoms with Crippen molar-refractivity contribution in [1.82, 2.24) is 14.3 Å². The van der Waals surface area contributed by atoms with Crippen molar-refractivity contribution in [1.29, 1.82) is 0 Å². The quantitative estimate of drug-likeness (QED) is 0.661. The highest BCUT2D eigenvalue weighted by molar-refractivity contribution is 7.71. The van der Waals surface area contributed by atoms with E-state index in [0.717, 1.165) is 5.69 Å². The molecule has 5 rings (SSSR count). The molecule has 0 radical (unpaired) electrons. The van der Waals surface area contributed by atoms with Crippen LogP contribution in [0.4, 0.5) is 0 Å². The maximum absolute atomic E-state index is 12.2. The number of hydrogen-bond acceptors (Lipinski definition) is 6. The molecule has 0 N–H and O–H groups in total. The molecule has 3 atom stereocenters. The van der Waals surface area contributed by atoms with Crippen LogP contribution < -0.4 is 0 Å². The van der Waals surface area contributed by atoms with Crippen LogP contribution in [0, 0.1) is 4.77 Å². The number of ketones is 1. The van der Waals surface area contributed by atoms with Gasteiger partial charge >= 0.3 is 0 Å². The summed E-state index contributed by atoms with van der Waals surface area (Å²) in [6.07, 6.45) is 0.891. The largest absolute Gasteiger partial charge is 0.461 e. The van der Waals surface area contributed by atoms with Crippen molar-refractivity contribution in [2.24, 2.45) is 0 Å². The Morgan fingerprint density at radius 1 is 1.15 bits per heavy atom. The second-order valence-corrected chi connectivity index (χ2v) is 6.64. The summed E-state index contributed by atoms with van der Waals surface area (Å²) in [7, 11) is 0. The van der Waals surface area contributed by atoms with Gasteiger partial charge in [0.1, 0.15) is 6.10 Å². The van der Waals surface area contributed by atoms with Gasteiger partial charge in [-0.25, -0.2) is 4.68 Å². The summed E-state index contributed by atoms with van der Waals surface area (Å²) < 4.78 is 20.6. The van der Waals surface area contributed by atoms with E-state index >= 15 is 0 Å². The van der Waals surface area contributed by atoms with Gasteiger partial charge in [-0.15, -0.1) is 5.10 Å². The molecular formula is C18H15N3O4S. The normalized spacial score (nSPS) is 24.9. The molecule has 0 spiro atoms. The minimum absolute atomic E-state index is 0.0838. The number of para-hydroxylation sites is 1. The van der Waals surface area contributed by atoms with Crippen molar-refractivity contribution in [3.05, 3.63) is 53.5 Å². The van der Waals surface area contributed by atoms with Crippen LogP contribution in [-0.4, -0.2) is 39.1 Å². The number of carbonyl (C=O) groups excluding carboxylic acids is 1. The molecule has 2 aliphatic heterocycles. The van der Waals surface area contributed by atoms with Gasteiger partial charge in [0, 0.05) is 6.42 Å². The van der Waals surface area contributed by atoms with E-state index in [1.165, 1.54) is 0 Å². The Balaban J connectivity index is 1.68. The minimum atomic E-state index is -0.744. The predicted octanol–water partition coefficient (Wildman–Crippen LogP) is 2.92. The van der Waals surface area contributed by atoms with E-state index in [1.807, 2.05) is 41.0 Å². The van der Waals surface area contributed by atoms with Crippen LogP contribution in [0.25, 0.3) is 17.3 Å². The van der Waals surface area contributed by atoms with Gasteiger partial charge in [-0.1, -0.05) is 18.2 Å². The summed E-state index contributed by atoms with van der Waals surface area (Å²) in [5.74, 6) is 1.10. The highest BCUT2D eigenvalue weighted by Crippen LogP contribution is 2.34. The van der Waals surface area contributed by atoms with Crippen LogP contribution in [0.1, 0.15) is 12.5 Å². The first kappa shape index (κ1) is 15.7. The van der Waals surface area contributed by atoms with Gasteiger partial charge in [-0.3, -0.25) is 9.36 Å². The third kappa shape index (κ3) is 2.38. The van der Waals surface area contributed by atoms with E-state index < -0.39 is 6.29 Å². The number of fused-ring (bicyclic) bond motifs is 2. The van der Waals surface area contributed by atoms with Crippen molar-refractivity contribution in [3.8, 4) is 17.3 Å². The molecule has 2 aliphatic rings. The molecule has 0 aliphatic carbocycles. The number of aromatic nitrogens is 3. The summed E-state index contributed by atoms with van der Waals surface area (Å²) in [5.41, 5.74) is 0.874. The fraction of sp³-hybridized carbons (Fsp3) is 0.278. The molecule has 132 valence electrons. The third-order valence-corrected chi connectivity index (χ3v) is 5.05. The Morgan fingerprint density at radius 2 is 2.00 bits per heavy atom. The lowest BCUT2D eigenvalue weighted by atomic mass is 10.0. The Bertz CT molecular complexity index is 1010. The summed E-state index contributed by atoms with van der Waals surface area (Å²) >= 11 is 5.72. The lowest BCUT2D eigenvalue weighted by Crippen LogP contribution is -2.37. The van der Waals surface area contributed by atoms with Crippen molar-refractivity contribution in [3.63, 3.8) is 0 Å². The lowest BCUT2D eigenvalue weighted by Gasteiger charge is -2.26. The van der Waals surface area contributed by atoms with Crippen molar-refractivity contribution in [2.45, 2.75) is 24.9 Å². The second-order valence-electron chi connectivity index (χ2n) is 6.28. The number of benzene rings is 1. The first-order valence-corrected chi connectivity index (χ1v) is 8.74. The summed E-state index contributed by atoms with van der Waals surface area (Å²) in [6.45, 7) is 0.358. The zero-order valence-electron chi connectivity index (χ0n) is 13.6. The Hall–Kier alpha value is -2.55. The molecule has 0 saturated carbocycles. The van der Waals surface area contributed by atoms with Crippen LogP contribution in [0.2, 0.25) is 0 Å². The van der Waals surface area contributed by atoms with Crippen LogP contribution in [0.3, 0.4) is 0 Å². The second kappa shape index (κ2) is 6.01. The maximum Gasteiger partial charge on any atom is 0.218 e. The Kier molecular flexibility index (Phi) is 3.63. The zero-order chi connectivity index (χ0) is 17.7. The van der Waals surface area contributed by atoms with Crippen molar-refractivity contribution in [2.75, 3.05) is 6.61 Å². The predicted molar refractivity (Wildman–Crippen MR) is 93.4 cm³/mol. The number of ether oxygens (including phenoxy) is 2. The van der Waals surface area contributed by atoms with Crippen LogP contribution >= 0.6 is 12.2 Å². The number of rotatable bonds is 3. The molecule has 2 fully saturated rings. The molecule has 2 saturated heterocycles. The molecule has 8 heteroatoms. The number of carbonyl (C=O) groups is 1. The summed E-state index contributed by atoms with van der Waals surface area (Å²) in [5, 5.41) is 4.70. The van der Waals surface area contributed by atoms with Gasteiger partial charge in [-0.05, 0) is 36.5 Å². The average Bonchev–Trinajstić information content (AvgIpc) is 3.39. The van der Waals surface area contributed by atoms with Gasteiger partial charge in [0.25, 0.3) is 0 Å². The standard InChI is InChI=1S/C18H15N3O4S/c22-13-9-12(15-10-24-17(13)25-15)21-18(26)20(11-5-2-1-3-6-11)16(19-21)14-7-4-8-23-14/h1-8,12,15,17H,9-10H2/t12-,15+,17-/m1/s1. The minimum Gasteiger partial charge on any atom is -0.461 e. The van der Waals surface area contributed by atoms with E-state index in [0.29, 0.717) is 23.0 Å². The first-order valence-electron chi connectivity index (χ1n) is 8.33. The first-order chi connectivity index (χ1) is 12.7. The van der Waals surface area contributed by atoms with Gasteiger partial charge in [0.05, 0.1) is 24.6 Å². The van der Waals surface area contributed by atoms with Gasteiger partial charge in [0.15, 0.2) is 11.5 Å². The van der Waals surface area contributed by atoms with Crippen LogP contribution in [0.15, 0.2) is 53.1 Å². The topological polar surface area (TPSA) is 71.4 Å². The fourth-order valence-electron chi connectivity index (χ4n) is 3.44. The van der Waals surface area contributed by atoms with Crippen molar-refractivity contribution >= 4 is 18.0 Å². The van der Waals surface area contributed by atoms with E-state index in [1.54, 1.807) is 17.0 Å². The molecule has 3 aromatic rings. The van der Waals surface area contributed by atoms with Gasteiger partial charge in [-0.2, -0.15) is 0 Å². The molecule has 7 nitrogen and oxygen atoms in total. The number of hydrogen-bond donors (Lipinski definition) is 0. The highest BCUT2D eigenvalue weighted by Gasteiger charge is 2.45. The highest BCUT2D eigenvalue weighted by atomic mass is 32.1. The molecule has 2 aromatic heterocycles. The summed E-state index contributed by atoms with van der Waals surface area (Å²) in [4.78, 5) is 12.2. The van der Waals surface area contributed by atoms with Crippen LogP contribution in [-0.2, 0) is 14.3 Å². The molecule has 1 aromatic carbocycles. The Labute approximate surface area is 153 Å². The SMILES string of the molecule is O=C1C[C@@H](n2nc(-c3ccco3)n(-c3ccccc3)c2=S)[C@@H]2CO[C@@H]1O2. The lowest BCUT2D eigenvalue weighted by molar-refractivity contribution is -0.156. The number of nitrogens with zero attached hydrogens (tertiary/aromatic N) is 3. The van der Waals surface area contributed by atoms with E-state index in [2.05, 4.69) is 0 Å². The van der Waals surface area contributed by atoms with Crippen molar-refractivity contribution < 1.29 is 18.7 Å². The van der Waals surface area contributed by atoms with Gasteiger partial charge < -0.3 is 13.9 Å². The maximum atomic E-state index is 12.2. The number of furan rings is 1. The summed E-state index contributed by atoms with van der Waals surface area (Å²) in [6, 6.07) is 13.0.